The van der Waals surface area contributed by atoms with Gasteiger partial charge in [-0.15, -0.1) is 0 Å². The van der Waals surface area contributed by atoms with Crippen LogP contribution in [0, 0.1) is 5.92 Å². The second-order valence-electron chi connectivity index (χ2n) is 5.89. The van der Waals surface area contributed by atoms with Gasteiger partial charge in [-0.1, -0.05) is 26.0 Å². The summed E-state index contributed by atoms with van der Waals surface area (Å²) >= 11 is 0. The molecule has 1 unspecified atom stereocenters. The van der Waals surface area contributed by atoms with Crippen molar-refractivity contribution in [3.05, 3.63) is 29.3 Å². The molecule has 5 heteroatoms. The quantitative estimate of drug-likeness (QED) is 0.907. The van der Waals surface area contributed by atoms with E-state index in [1.165, 1.54) is 5.56 Å². The summed E-state index contributed by atoms with van der Waals surface area (Å²) in [5, 5.41) is 3.21. The molecular formula is C15H24N2O2S. The van der Waals surface area contributed by atoms with Crippen LogP contribution < -0.4 is 9.62 Å². The molecule has 1 aromatic carbocycles. The Kier molecular flexibility index (Phi) is 4.39. The molecule has 0 bridgehead atoms. The lowest BCUT2D eigenvalue weighted by atomic mass is 10.0. The first-order valence-electron chi connectivity index (χ1n) is 7.15. The second-order valence-corrected chi connectivity index (χ2v) is 7.83. The Hall–Kier alpha value is -1.07. The van der Waals surface area contributed by atoms with Crippen molar-refractivity contribution in [1.82, 2.24) is 5.32 Å². The third kappa shape index (κ3) is 2.99. The van der Waals surface area contributed by atoms with E-state index in [0.717, 1.165) is 17.7 Å². The van der Waals surface area contributed by atoms with Crippen molar-refractivity contribution in [1.29, 1.82) is 0 Å². The molecule has 0 saturated carbocycles. The Morgan fingerprint density at radius 2 is 2.00 bits per heavy atom. The first-order valence-corrected chi connectivity index (χ1v) is 8.76. The summed E-state index contributed by atoms with van der Waals surface area (Å²) in [7, 11) is -1.27. The van der Waals surface area contributed by atoms with Gasteiger partial charge in [0.1, 0.15) is 0 Å². The van der Waals surface area contributed by atoms with Gasteiger partial charge in [0.25, 0.3) is 0 Å². The third-order valence-electron chi connectivity index (χ3n) is 3.77. The van der Waals surface area contributed by atoms with Crippen LogP contribution in [0.2, 0.25) is 0 Å². The highest BCUT2D eigenvalue weighted by Crippen LogP contribution is 2.33. The maximum absolute atomic E-state index is 12.4. The summed E-state index contributed by atoms with van der Waals surface area (Å²) in [4.78, 5) is 0. The Bertz CT molecular complexity index is 582. The number of nitrogens with one attached hydrogen (secondary N) is 1. The van der Waals surface area contributed by atoms with Crippen molar-refractivity contribution in [2.45, 2.75) is 33.2 Å². The lowest BCUT2D eigenvalue weighted by molar-refractivity contribution is 0.578. The average molecular weight is 296 g/mol. The van der Waals surface area contributed by atoms with Crippen LogP contribution in [0.4, 0.5) is 5.69 Å². The number of hydrogen-bond acceptors (Lipinski definition) is 3. The van der Waals surface area contributed by atoms with E-state index in [1.807, 2.05) is 33.0 Å². The van der Waals surface area contributed by atoms with E-state index in [-0.39, 0.29) is 17.7 Å². The largest absolute Gasteiger partial charge is 0.313 e. The number of anilines is 1. The Balaban J connectivity index is 2.30. The fourth-order valence-electron chi connectivity index (χ4n) is 2.63. The predicted octanol–water partition coefficient (Wildman–Crippen LogP) is 2.32. The van der Waals surface area contributed by atoms with Gasteiger partial charge >= 0.3 is 0 Å². The second kappa shape index (κ2) is 5.74. The van der Waals surface area contributed by atoms with E-state index in [1.54, 1.807) is 4.31 Å². The zero-order chi connectivity index (χ0) is 14.9. The molecule has 0 aliphatic carbocycles. The molecule has 1 atom stereocenters. The third-order valence-corrected chi connectivity index (χ3v) is 5.91. The molecule has 0 amide bonds. The molecule has 0 spiro atoms. The highest BCUT2D eigenvalue weighted by atomic mass is 32.2. The SMILES string of the molecule is CNC(C)c1ccc2c(c1)CCN2S(=O)(=O)CC(C)C. The number of sulfonamides is 1. The van der Waals surface area contributed by atoms with Gasteiger partial charge in [0.15, 0.2) is 0 Å². The molecule has 0 aromatic heterocycles. The maximum atomic E-state index is 12.4. The van der Waals surface area contributed by atoms with E-state index < -0.39 is 10.0 Å². The molecule has 0 fully saturated rings. The monoisotopic (exact) mass is 296 g/mol. The van der Waals surface area contributed by atoms with Gasteiger partial charge < -0.3 is 5.32 Å². The van der Waals surface area contributed by atoms with E-state index in [4.69, 9.17) is 0 Å². The van der Waals surface area contributed by atoms with Crippen molar-refractivity contribution in [2.24, 2.45) is 5.92 Å². The molecule has 20 heavy (non-hydrogen) atoms. The minimum absolute atomic E-state index is 0.146. The zero-order valence-corrected chi connectivity index (χ0v) is 13.5. The van der Waals surface area contributed by atoms with Gasteiger partial charge in [-0.3, -0.25) is 4.31 Å². The molecular weight excluding hydrogens is 272 g/mol. The fourth-order valence-corrected chi connectivity index (χ4v) is 4.50. The molecule has 4 nitrogen and oxygen atoms in total. The lowest BCUT2D eigenvalue weighted by Gasteiger charge is -2.21. The van der Waals surface area contributed by atoms with Crippen molar-refractivity contribution in [3.63, 3.8) is 0 Å². The van der Waals surface area contributed by atoms with Crippen LogP contribution in [0.1, 0.15) is 37.9 Å². The van der Waals surface area contributed by atoms with Crippen LogP contribution in [0.5, 0.6) is 0 Å². The van der Waals surface area contributed by atoms with Gasteiger partial charge in [-0.05, 0) is 43.5 Å². The summed E-state index contributed by atoms with van der Waals surface area (Å²) in [5.74, 6) is 0.355. The first kappa shape index (κ1) is 15.3. The van der Waals surface area contributed by atoms with Crippen LogP contribution in [0.15, 0.2) is 18.2 Å². The van der Waals surface area contributed by atoms with E-state index >= 15 is 0 Å². The normalized spacial score (nSPS) is 16.6. The number of benzene rings is 1. The summed E-state index contributed by atoms with van der Waals surface area (Å²) in [6.07, 6.45) is 0.803. The van der Waals surface area contributed by atoms with Gasteiger partial charge in [0.2, 0.25) is 10.0 Å². The van der Waals surface area contributed by atoms with Crippen LogP contribution in [-0.4, -0.2) is 27.8 Å². The maximum Gasteiger partial charge on any atom is 0.235 e. The van der Waals surface area contributed by atoms with E-state index in [0.29, 0.717) is 6.54 Å². The van der Waals surface area contributed by atoms with Gasteiger partial charge in [0.05, 0.1) is 11.4 Å². The van der Waals surface area contributed by atoms with Crippen LogP contribution >= 0.6 is 0 Å². The minimum Gasteiger partial charge on any atom is -0.313 e. The lowest BCUT2D eigenvalue weighted by Crippen LogP contribution is -2.32. The first-order chi connectivity index (χ1) is 9.35. The van der Waals surface area contributed by atoms with Crippen LogP contribution in [0.25, 0.3) is 0 Å². The standard InChI is InChI=1S/C15H24N2O2S/c1-11(2)10-20(18,19)17-8-7-14-9-13(12(3)16-4)5-6-15(14)17/h5-6,9,11-12,16H,7-8,10H2,1-4H3. The topological polar surface area (TPSA) is 49.4 Å². The number of rotatable bonds is 5. The number of fused-ring (bicyclic) bond motifs is 1. The number of nitrogens with zero attached hydrogens (tertiary/aromatic N) is 1. The van der Waals surface area contributed by atoms with Crippen molar-refractivity contribution < 1.29 is 8.42 Å². The van der Waals surface area contributed by atoms with Gasteiger partial charge in [0, 0.05) is 12.6 Å². The molecule has 1 aromatic rings. The molecule has 2 rings (SSSR count). The highest BCUT2D eigenvalue weighted by molar-refractivity contribution is 7.92. The van der Waals surface area contributed by atoms with Crippen molar-refractivity contribution in [2.75, 3.05) is 23.7 Å². The molecule has 1 N–H and O–H groups in total. The molecule has 1 aliphatic rings. The molecule has 0 saturated heterocycles. The van der Waals surface area contributed by atoms with Crippen LogP contribution in [-0.2, 0) is 16.4 Å². The summed E-state index contributed by atoms with van der Waals surface area (Å²) in [6.45, 7) is 6.55. The fraction of sp³-hybridized carbons (Fsp3) is 0.600. The summed E-state index contributed by atoms with van der Waals surface area (Å²) in [6, 6.07) is 6.37. The van der Waals surface area contributed by atoms with Crippen molar-refractivity contribution in [3.8, 4) is 0 Å². The Morgan fingerprint density at radius 1 is 1.30 bits per heavy atom. The van der Waals surface area contributed by atoms with Crippen molar-refractivity contribution >= 4 is 15.7 Å². The zero-order valence-electron chi connectivity index (χ0n) is 12.7. The Morgan fingerprint density at radius 3 is 2.60 bits per heavy atom. The molecule has 1 aliphatic heterocycles. The smallest absolute Gasteiger partial charge is 0.235 e. The highest BCUT2D eigenvalue weighted by Gasteiger charge is 2.30. The molecule has 0 radical (unpaired) electrons. The van der Waals surface area contributed by atoms with Gasteiger partial charge in [-0.25, -0.2) is 8.42 Å². The Labute approximate surface area is 122 Å². The van der Waals surface area contributed by atoms with Crippen LogP contribution in [0.3, 0.4) is 0 Å². The number of hydrogen-bond donors (Lipinski definition) is 1. The molecule has 112 valence electrons. The average Bonchev–Trinajstić information content (AvgIpc) is 2.79. The molecule has 1 heterocycles. The van der Waals surface area contributed by atoms with Gasteiger partial charge in [-0.2, -0.15) is 0 Å². The summed E-state index contributed by atoms with van der Waals surface area (Å²) in [5.41, 5.74) is 3.20. The predicted molar refractivity (Wildman–Crippen MR) is 83.6 cm³/mol. The summed E-state index contributed by atoms with van der Waals surface area (Å²) < 4.78 is 26.4. The van der Waals surface area contributed by atoms with E-state index in [9.17, 15) is 8.42 Å². The van der Waals surface area contributed by atoms with E-state index in [2.05, 4.69) is 18.3 Å². The minimum atomic E-state index is -3.19.